The summed E-state index contributed by atoms with van der Waals surface area (Å²) in [5.41, 5.74) is 0.553. The van der Waals surface area contributed by atoms with Crippen molar-refractivity contribution in [1.29, 1.82) is 0 Å². The van der Waals surface area contributed by atoms with Gasteiger partial charge in [0.15, 0.2) is 4.67 Å². The first-order valence-electron chi connectivity index (χ1n) is 6.75. The van der Waals surface area contributed by atoms with Crippen LogP contribution in [0.25, 0.3) is 0 Å². The van der Waals surface area contributed by atoms with Crippen LogP contribution in [0.2, 0.25) is 0 Å². The number of amides is 1. The van der Waals surface area contributed by atoms with Crippen molar-refractivity contribution in [3.05, 3.63) is 22.6 Å². The summed E-state index contributed by atoms with van der Waals surface area (Å²) in [7, 11) is 0. The lowest BCUT2D eigenvalue weighted by Gasteiger charge is -2.28. The highest BCUT2D eigenvalue weighted by atomic mass is 79.9. The van der Waals surface area contributed by atoms with E-state index >= 15 is 0 Å². The molecule has 3 rings (SSSR count). The molecule has 102 valence electrons. The van der Waals surface area contributed by atoms with E-state index in [0.29, 0.717) is 22.4 Å². The molecular weight excluding hydrogens is 310 g/mol. The van der Waals surface area contributed by atoms with Gasteiger partial charge in [-0.25, -0.2) is 0 Å². The van der Waals surface area contributed by atoms with Crippen molar-refractivity contribution in [2.75, 3.05) is 6.54 Å². The number of ketones is 1. The zero-order chi connectivity index (χ0) is 13.4. The van der Waals surface area contributed by atoms with Crippen LogP contribution in [-0.4, -0.2) is 29.2 Å². The maximum absolute atomic E-state index is 12.5. The molecule has 1 saturated carbocycles. The molecule has 0 N–H and O–H groups in total. The molecule has 0 radical (unpaired) electrons. The number of nitrogens with zero attached hydrogens (tertiary/aromatic N) is 1. The lowest BCUT2D eigenvalue weighted by atomic mass is 9.95. The van der Waals surface area contributed by atoms with Crippen LogP contribution >= 0.6 is 15.9 Å². The van der Waals surface area contributed by atoms with Crippen molar-refractivity contribution in [3.8, 4) is 0 Å². The third-order valence-corrected chi connectivity index (χ3v) is 4.84. The third-order valence-electron chi connectivity index (χ3n) is 4.22. The summed E-state index contributed by atoms with van der Waals surface area (Å²) in [6, 6.07) is 1.77. The molecule has 1 amide bonds. The second-order valence-corrected chi connectivity index (χ2v) is 6.00. The normalized spacial score (nSPS) is 27.2. The zero-order valence-electron chi connectivity index (χ0n) is 10.6. The van der Waals surface area contributed by atoms with Crippen molar-refractivity contribution in [1.82, 2.24) is 4.90 Å². The molecule has 0 aromatic carbocycles. The Kier molecular flexibility index (Phi) is 3.48. The van der Waals surface area contributed by atoms with Crippen molar-refractivity contribution in [2.24, 2.45) is 5.92 Å². The molecule has 1 aromatic heterocycles. The maximum Gasteiger partial charge on any atom is 0.258 e. The van der Waals surface area contributed by atoms with Gasteiger partial charge in [0.2, 0.25) is 0 Å². The average molecular weight is 326 g/mol. The van der Waals surface area contributed by atoms with Crippen molar-refractivity contribution in [3.63, 3.8) is 0 Å². The lowest BCUT2D eigenvalue weighted by molar-refractivity contribution is -0.121. The summed E-state index contributed by atoms with van der Waals surface area (Å²) in [5, 5.41) is 0. The summed E-state index contributed by atoms with van der Waals surface area (Å²) in [4.78, 5) is 26.3. The molecule has 0 bridgehead atoms. The van der Waals surface area contributed by atoms with Crippen LogP contribution in [0.3, 0.4) is 0 Å². The Hall–Kier alpha value is -1.10. The Labute approximate surface area is 120 Å². The number of hydrogen-bond donors (Lipinski definition) is 0. The van der Waals surface area contributed by atoms with Gasteiger partial charge in [0.05, 0.1) is 11.8 Å². The highest BCUT2D eigenvalue weighted by molar-refractivity contribution is 9.10. The predicted molar refractivity (Wildman–Crippen MR) is 72.8 cm³/mol. The van der Waals surface area contributed by atoms with Crippen molar-refractivity contribution < 1.29 is 14.0 Å². The summed E-state index contributed by atoms with van der Waals surface area (Å²) in [6.07, 6.45) is 6.01. The molecule has 2 atom stereocenters. The molecule has 1 saturated heterocycles. The Morgan fingerprint density at radius 3 is 2.84 bits per heavy atom. The first kappa shape index (κ1) is 12.9. The molecule has 2 unspecified atom stereocenters. The molecule has 2 fully saturated rings. The largest absolute Gasteiger partial charge is 0.457 e. The van der Waals surface area contributed by atoms with Crippen LogP contribution in [0.15, 0.2) is 21.4 Å². The predicted octanol–water partition coefficient (Wildman–Crippen LogP) is 3.02. The first-order chi connectivity index (χ1) is 9.18. The first-order valence-corrected chi connectivity index (χ1v) is 7.54. The van der Waals surface area contributed by atoms with E-state index in [1.807, 2.05) is 4.90 Å². The van der Waals surface area contributed by atoms with E-state index in [2.05, 4.69) is 15.9 Å². The van der Waals surface area contributed by atoms with Crippen LogP contribution in [0.4, 0.5) is 0 Å². The lowest BCUT2D eigenvalue weighted by Crippen LogP contribution is -2.41. The van der Waals surface area contributed by atoms with Gasteiger partial charge in [-0.1, -0.05) is 0 Å². The van der Waals surface area contributed by atoms with E-state index in [1.165, 1.54) is 6.26 Å². The molecule has 1 aromatic rings. The second-order valence-electron chi connectivity index (χ2n) is 5.28. The van der Waals surface area contributed by atoms with Gasteiger partial charge >= 0.3 is 0 Å². The van der Waals surface area contributed by atoms with Gasteiger partial charge in [0, 0.05) is 24.9 Å². The quantitative estimate of drug-likeness (QED) is 0.839. The molecule has 1 aliphatic carbocycles. The van der Waals surface area contributed by atoms with E-state index < -0.39 is 0 Å². The van der Waals surface area contributed by atoms with E-state index in [0.717, 1.165) is 32.2 Å². The highest BCUT2D eigenvalue weighted by Gasteiger charge is 2.40. The van der Waals surface area contributed by atoms with Gasteiger partial charge in [-0.3, -0.25) is 9.59 Å². The zero-order valence-corrected chi connectivity index (χ0v) is 12.2. The summed E-state index contributed by atoms with van der Waals surface area (Å²) in [6.45, 7) is 0.741. The van der Waals surface area contributed by atoms with Gasteiger partial charge in [-0.2, -0.15) is 0 Å². The average Bonchev–Trinajstić information content (AvgIpc) is 3.07. The summed E-state index contributed by atoms with van der Waals surface area (Å²) in [5.74, 6) is 0.357. The number of furan rings is 1. The Bertz CT molecular complexity index is 511. The number of likely N-dealkylation sites (tertiary alicyclic amines) is 1. The SMILES string of the molecule is O=C1CCCC1C1CCCN1C(=O)c1ccoc1Br. The van der Waals surface area contributed by atoms with Gasteiger partial charge in [-0.15, -0.1) is 0 Å². The number of carbonyl (C=O) groups excluding carboxylic acids is 2. The number of Topliss-reactive ketones (excluding diaryl/α,β-unsaturated/α-hetero) is 1. The number of carbonyl (C=O) groups is 2. The summed E-state index contributed by atoms with van der Waals surface area (Å²) >= 11 is 3.25. The fraction of sp³-hybridized carbons (Fsp3) is 0.571. The monoisotopic (exact) mass is 325 g/mol. The van der Waals surface area contributed by atoms with E-state index in [-0.39, 0.29) is 17.9 Å². The maximum atomic E-state index is 12.5. The van der Waals surface area contributed by atoms with Gasteiger partial charge < -0.3 is 9.32 Å². The Balaban J connectivity index is 1.81. The Morgan fingerprint density at radius 2 is 2.21 bits per heavy atom. The van der Waals surface area contributed by atoms with Crippen LogP contribution < -0.4 is 0 Å². The van der Waals surface area contributed by atoms with Gasteiger partial charge in [-0.05, 0) is 47.7 Å². The summed E-state index contributed by atoms with van der Waals surface area (Å²) < 4.78 is 5.60. The van der Waals surface area contributed by atoms with Gasteiger partial charge in [0.25, 0.3) is 5.91 Å². The second kappa shape index (κ2) is 5.12. The van der Waals surface area contributed by atoms with Crippen LogP contribution in [0.1, 0.15) is 42.5 Å². The fourth-order valence-corrected chi connectivity index (χ4v) is 3.72. The fourth-order valence-electron chi connectivity index (χ4n) is 3.31. The standard InChI is InChI=1S/C14H16BrNO3/c15-13-10(6-8-19-13)14(18)16-7-2-4-11(16)9-3-1-5-12(9)17/h6,8-9,11H,1-5,7H2. The molecular formula is C14H16BrNO3. The third kappa shape index (κ3) is 2.24. The molecule has 1 aliphatic heterocycles. The number of halogens is 1. The Morgan fingerprint density at radius 1 is 1.37 bits per heavy atom. The van der Waals surface area contributed by atoms with Crippen molar-refractivity contribution in [2.45, 2.75) is 38.1 Å². The van der Waals surface area contributed by atoms with Crippen LogP contribution in [-0.2, 0) is 4.79 Å². The molecule has 4 nitrogen and oxygen atoms in total. The number of hydrogen-bond acceptors (Lipinski definition) is 3. The van der Waals surface area contributed by atoms with Crippen molar-refractivity contribution >= 4 is 27.6 Å². The minimum absolute atomic E-state index is 0.0252. The topological polar surface area (TPSA) is 50.5 Å². The molecule has 5 heteroatoms. The molecule has 19 heavy (non-hydrogen) atoms. The highest BCUT2D eigenvalue weighted by Crippen LogP contribution is 2.34. The van der Waals surface area contributed by atoms with Gasteiger partial charge in [0.1, 0.15) is 5.78 Å². The van der Waals surface area contributed by atoms with E-state index in [9.17, 15) is 9.59 Å². The smallest absolute Gasteiger partial charge is 0.258 e. The van der Waals surface area contributed by atoms with Crippen LogP contribution in [0.5, 0.6) is 0 Å². The number of rotatable bonds is 2. The molecule has 2 aliphatic rings. The van der Waals surface area contributed by atoms with Crippen LogP contribution in [0, 0.1) is 5.92 Å². The van der Waals surface area contributed by atoms with E-state index in [1.54, 1.807) is 6.07 Å². The minimum Gasteiger partial charge on any atom is -0.457 e. The molecule has 0 spiro atoms. The molecule has 2 heterocycles. The minimum atomic E-state index is -0.0252. The van der Waals surface area contributed by atoms with E-state index in [4.69, 9.17) is 4.42 Å².